The maximum absolute atomic E-state index is 12.0. The van der Waals surface area contributed by atoms with E-state index in [1.807, 2.05) is 12.1 Å². The Morgan fingerprint density at radius 3 is 3.00 bits per heavy atom. The van der Waals surface area contributed by atoms with Gasteiger partial charge in [0.15, 0.2) is 0 Å². The molecule has 0 fully saturated rings. The molecule has 1 aliphatic heterocycles. The highest BCUT2D eigenvalue weighted by atomic mass is 35.5. The Morgan fingerprint density at radius 1 is 1.35 bits per heavy atom. The first-order chi connectivity index (χ1) is 9.70. The number of amides is 1. The highest BCUT2D eigenvalue weighted by molar-refractivity contribution is 6.30. The van der Waals surface area contributed by atoms with E-state index < -0.39 is 0 Å². The number of hydrogen-bond donors (Lipinski definition) is 2. The van der Waals surface area contributed by atoms with Gasteiger partial charge in [0.1, 0.15) is 12.4 Å². The van der Waals surface area contributed by atoms with Gasteiger partial charge >= 0.3 is 0 Å². The molecule has 0 spiro atoms. The average molecular weight is 295 g/mol. The Morgan fingerprint density at radius 2 is 2.20 bits per heavy atom. The number of benzene rings is 1. The third kappa shape index (κ3) is 3.99. The minimum atomic E-state index is -0.0890. The van der Waals surface area contributed by atoms with E-state index in [1.165, 1.54) is 0 Å². The standard InChI is InChI=1S/C15H19ClN2O2/c1-2-5-17-6-7-18-15(19)12-8-11-9-13(16)3-4-14(11)20-10-12/h3-4,8-9,17H,2,5-7,10H2,1H3,(H,18,19). The summed E-state index contributed by atoms with van der Waals surface area (Å²) in [5.74, 6) is 0.671. The molecule has 0 unspecified atom stereocenters. The van der Waals surface area contributed by atoms with E-state index in [0.29, 0.717) is 23.7 Å². The monoisotopic (exact) mass is 294 g/mol. The van der Waals surface area contributed by atoms with E-state index in [9.17, 15) is 4.79 Å². The lowest BCUT2D eigenvalue weighted by atomic mass is 10.1. The van der Waals surface area contributed by atoms with Crippen LogP contribution in [0, 0.1) is 0 Å². The molecule has 1 amide bonds. The SMILES string of the molecule is CCCNCCNC(=O)C1=Cc2cc(Cl)ccc2OC1. The topological polar surface area (TPSA) is 50.4 Å². The van der Waals surface area contributed by atoms with Gasteiger partial charge in [-0.3, -0.25) is 4.79 Å². The van der Waals surface area contributed by atoms with Crippen molar-refractivity contribution in [2.75, 3.05) is 26.2 Å². The molecule has 2 rings (SSSR count). The fourth-order valence-electron chi connectivity index (χ4n) is 1.96. The van der Waals surface area contributed by atoms with E-state index in [2.05, 4.69) is 17.6 Å². The first kappa shape index (κ1) is 14.9. The van der Waals surface area contributed by atoms with Crippen LogP contribution < -0.4 is 15.4 Å². The lowest BCUT2D eigenvalue weighted by Gasteiger charge is -2.17. The quantitative estimate of drug-likeness (QED) is 0.791. The molecule has 0 radical (unpaired) electrons. The number of hydrogen-bond acceptors (Lipinski definition) is 3. The van der Waals surface area contributed by atoms with Crippen molar-refractivity contribution < 1.29 is 9.53 Å². The summed E-state index contributed by atoms with van der Waals surface area (Å²) in [4.78, 5) is 12.0. The molecule has 0 saturated carbocycles. The van der Waals surface area contributed by atoms with Gasteiger partial charge in [-0.2, -0.15) is 0 Å². The Labute approximate surface area is 124 Å². The molecule has 0 saturated heterocycles. The van der Waals surface area contributed by atoms with Crippen molar-refractivity contribution in [3.63, 3.8) is 0 Å². The molecule has 0 aromatic heterocycles. The van der Waals surface area contributed by atoms with Crippen LogP contribution in [0.3, 0.4) is 0 Å². The van der Waals surface area contributed by atoms with Crippen LogP contribution in [0.4, 0.5) is 0 Å². The number of rotatable bonds is 6. The molecule has 1 aromatic rings. The van der Waals surface area contributed by atoms with E-state index in [-0.39, 0.29) is 5.91 Å². The minimum Gasteiger partial charge on any atom is -0.488 e. The Bertz CT molecular complexity index is 515. The van der Waals surface area contributed by atoms with Crippen LogP contribution in [-0.2, 0) is 4.79 Å². The highest BCUT2D eigenvalue weighted by Crippen LogP contribution is 2.28. The molecule has 1 aromatic carbocycles. The van der Waals surface area contributed by atoms with Crippen molar-refractivity contribution in [1.82, 2.24) is 10.6 Å². The summed E-state index contributed by atoms with van der Waals surface area (Å²) in [5, 5.41) is 6.74. The van der Waals surface area contributed by atoms with Crippen LogP contribution >= 0.6 is 11.6 Å². The molecule has 0 aliphatic carbocycles. The summed E-state index contributed by atoms with van der Waals surface area (Å²) in [6, 6.07) is 5.39. The number of halogens is 1. The van der Waals surface area contributed by atoms with Gasteiger partial charge in [0.05, 0.1) is 5.57 Å². The molecule has 108 valence electrons. The van der Waals surface area contributed by atoms with Crippen molar-refractivity contribution in [1.29, 1.82) is 0 Å². The van der Waals surface area contributed by atoms with Crippen molar-refractivity contribution >= 4 is 23.6 Å². The molecule has 20 heavy (non-hydrogen) atoms. The van der Waals surface area contributed by atoms with E-state index in [4.69, 9.17) is 16.3 Å². The van der Waals surface area contributed by atoms with E-state index in [1.54, 1.807) is 12.1 Å². The zero-order valence-corrected chi connectivity index (χ0v) is 12.3. The maximum Gasteiger partial charge on any atom is 0.250 e. The van der Waals surface area contributed by atoms with Crippen molar-refractivity contribution in [2.45, 2.75) is 13.3 Å². The number of carbonyl (C=O) groups excluding carboxylic acids is 1. The predicted octanol–water partition coefficient (Wildman–Crippen LogP) is 2.23. The van der Waals surface area contributed by atoms with Crippen LogP contribution in [-0.4, -0.2) is 32.1 Å². The second kappa shape index (κ2) is 7.31. The van der Waals surface area contributed by atoms with Crippen LogP contribution in [0.2, 0.25) is 5.02 Å². The largest absolute Gasteiger partial charge is 0.488 e. The van der Waals surface area contributed by atoms with Gasteiger partial charge in [-0.1, -0.05) is 18.5 Å². The third-order valence-corrected chi connectivity index (χ3v) is 3.23. The van der Waals surface area contributed by atoms with Crippen molar-refractivity contribution in [3.8, 4) is 5.75 Å². The zero-order chi connectivity index (χ0) is 14.4. The summed E-state index contributed by atoms with van der Waals surface area (Å²) in [7, 11) is 0. The van der Waals surface area contributed by atoms with Crippen LogP contribution in [0.25, 0.3) is 6.08 Å². The zero-order valence-electron chi connectivity index (χ0n) is 11.5. The van der Waals surface area contributed by atoms with Crippen LogP contribution in [0.5, 0.6) is 5.75 Å². The summed E-state index contributed by atoms with van der Waals surface area (Å²) in [6.45, 7) is 4.75. The van der Waals surface area contributed by atoms with Gasteiger partial charge in [-0.05, 0) is 37.2 Å². The maximum atomic E-state index is 12.0. The lowest BCUT2D eigenvalue weighted by molar-refractivity contribution is -0.117. The number of nitrogens with one attached hydrogen (secondary N) is 2. The lowest BCUT2D eigenvalue weighted by Crippen LogP contribution is -2.34. The molecule has 5 heteroatoms. The Kier molecular flexibility index (Phi) is 5.44. The third-order valence-electron chi connectivity index (χ3n) is 2.99. The highest BCUT2D eigenvalue weighted by Gasteiger charge is 2.16. The van der Waals surface area contributed by atoms with Gasteiger partial charge in [-0.15, -0.1) is 0 Å². The summed E-state index contributed by atoms with van der Waals surface area (Å²) in [6.07, 6.45) is 2.92. The van der Waals surface area contributed by atoms with Crippen molar-refractivity contribution in [2.24, 2.45) is 0 Å². The summed E-state index contributed by atoms with van der Waals surface area (Å²) >= 11 is 5.94. The molecule has 1 aliphatic rings. The van der Waals surface area contributed by atoms with Gasteiger partial charge in [0, 0.05) is 23.7 Å². The predicted molar refractivity (Wildman–Crippen MR) is 81.1 cm³/mol. The number of carbonyl (C=O) groups is 1. The molecule has 0 bridgehead atoms. The normalized spacial score (nSPS) is 13.2. The van der Waals surface area contributed by atoms with E-state index >= 15 is 0 Å². The molecular weight excluding hydrogens is 276 g/mol. The first-order valence-electron chi connectivity index (χ1n) is 6.82. The van der Waals surface area contributed by atoms with Crippen LogP contribution in [0.15, 0.2) is 23.8 Å². The minimum absolute atomic E-state index is 0.0890. The fourth-order valence-corrected chi connectivity index (χ4v) is 2.14. The van der Waals surface area contributed by atoms with Gasteiger partial charge in [-0.25, -0.2) is 0 Å². The van der Waals surface area contributed by atoms with Gasteiger partial charge < -0.3 is 15.4 Å². The molecule has 2 N–H and O–H groups in total. The molecule has 4 nitrogen and oxygen atoms in total. The second-order valence-electron chi connectivity index (χ2n) is 4.65. The van der Waals surface area contributed by atoms with Crippen LogP contribution in [0.1, 0.15) is 18.9 Å². The smallest absolute Gasteiger partial charge is 0.250 e. The Hall–Kier alpha value is -1.52. The van der Waals surface area contributed by atoms with Gasteiger partial charge in [0.2, 0.25) is 0 Å². The fraction of sp³-hybridized carbons (Fsp3) is 0.400. The molecular formula is C15H19ClN2O2. The summed E-state index contributed by atoms with van der Waals surface area (Å²) < 4.78 is 5.55. The average Bonchev–Trinajstić information content (AvgIpc) is 2.46. The van der Waals surface area contributed by atoms with Crippen molar-refractivity contribution in [3.05, 3.63) is 34.4 Å². The van der Waals surface area contributed by atoms with Gasteiger partial charge in [0.25, 0.3) is 5.91 Å². The first-order valence-corrected chi connectivity index (χ1v) is 7.20. The van der Waals surface area contributed by atoms with E-state index in [0.717, 1.165) is 30.8 Å². The molecule has 0 atom stereocenters. The number of fused-ring (bicyclic) bond motifs is 1. The Balaban J connectivity index is 1.91. The molecule has 1 heterocycles. The number of ether oxygens (including phenoxy) is 1. The second-order valence-corrected chi connectivity index (χ2v) is 5.08. The summed E-state index contributed by atoms with van der Waals surface area (Å²) in [5.41, 5.74) is 1.47.